The molecule has 7 nitrogen and oxygen atoms in total. The third kappa shape index (κ3) is 1.99. The number of hydrogen-bond donors (Lipinski definition) is 0. The first kappa shape index (κ1) is 16.9. The number of nitro benzene ring substituents is 1. The molecule has 7 heteroatoms. The van der Waals surface area contributed by atoms with Crippen LogP contribution >= 0.6 is 0 Å². The standard InChI is InChI=1S/C21H17NO6/c1-26-16-11-7-14(8-12-16)21-18-4-2-3-17(18)20(28-21,19(23)27-21)13-5-9-15(10-6-13)22(24)25/h2-3,5-12,17-18H,4H2,1H3/t17-,18+,20+,21-/m0/s1. The molecule has 2 aliphatic heterocycles. The molecule has 4 atom stereocenters. The number of allylic oxidation sites excluding steroid dienone is 1. The predicted molar refractivity (Wildman–Crippen MR) is 97.4 cm³/mol. The van der Waals surface area contributed by atoms with Gasteiger partial charge in [-0.05, 0) is 48.4 Å². The SMILES string of the molecule is COc1ccc([C@]23OC(=O)[C@](c4ccc([N+](=O)[O-])cc4)(O2)[C@H]2C=CC[C@H]23)cc1. The van der Waals surface area contributed by atoms with Crippen molar-refractivity contribution in [1.82, 2.24) is 0 Å². The number of non-ortho nitro benzene ring substituents is 1. The zero-order valence-electron chi connectivity index (χ0n) is 15.0. The average molecular weight is 379 g/mol. The fourth-order valence-electron chi connectivity index (χ4n) is 4.69. The molecular weight excluding hydrogens is 362 g/mol. The van der Waals surface area contributed by atoms with Crippen molar-refractivity contribution in [2.45, 2.75) is 17.8 Å². The van der Waals surface area contributed by atoms with E-state index in [9.17, 15) is 14.9 Å². The molecule has 28 heavy (non-hydrogen) atoms. The smallest absolute Gasteiger partial charge is 0.346 e. The Morgan fingerprint density at radius 2 is 1.79 bits per heavy atom. The van der Waals surface area contributed by atoms with Crippen LogP contribution < -0.4 is 4.74 Å². The highest BCUT2D eigenvalue weighted by atomic mass is 16.8. The van der Waals surface area contributed by atoms with Crippen molar-refractivity contribution in [3.05, 3.63) is 81.9 Å². The van der Waals surface area contributed by atoms with E-state index in [1.54, 1.807) is 19.2 Å². The Balaban J connectivity index is 1.62. The fourth-order valence-corrected chi connectivity index (χ4v) is 4.69. The Kier molecular flexibility index (Phi) is 3.42. The third-order valence-electron chi connectivity index (χ3n) is 5.98. The zero-order chi connectivity index (χ0) is 19.5. The van der Waals surface area contributed by atoms with Gasteiger partial charge in [0.05, 0.1) is 12.0 Å². The molecule has 2 aromatic rings. The molecule has 0 aromatic heterocycles. The molecule has 142 valence electrons. The number of methoxy groups -OCH3 is 1. The van der Waals surface area contributed by atoms with E-state index in [0.717, 1.165) is 12.0 Å². The summed E-state index contributed by atoms with van der Waals surface area (Å²) in [6.07, 6.45) is 4.76. The van der Waals surface area contributed by atoms with Gasteiger partial charge in [0.15, 0.2) is 0 Å². The summed E-state index contributed by atoms with van der Waals surface area (Å²) in [5.74, 6) is -1.21. The van der Waals surface area contributed by atoms with Gasteiger partial charge in [0.2, 0.25) is 11.4 Å². The van der Waals surface area contributed by atoms with Crippen LogP contribution in [-0.4, -0.2) is 18.0 Å². The maximum atomic E-state index is 13.1. The number of nitrogens with zero attached hydrogens (tertiary/aromatic N) is 1. The molecular formula is C21H17NO6. The van der Waals surface area contributed by atoms with E-state index in [1.165, 1.54) is 12.1 Å². The fraction of sp³-hybridized carbons (Fsp3) is 0.286. The molecule has 2 saturated heterocycles. The number of ether oxygens (including phenoxy) is 3. The minimum atomic E-state index is -1.30. The minimum Gasteiger partial charge on any atom is -0.497 e. The van der Waals surface area contributed by atoms with Gasteiger partial charge in [0.1, 0.15) is 5.75 Å². The Morgan fingerprint density at radius 3 is 2.43 bits per heavy atom. The number of fused-ring (bicyclic) bond motifs is 5. The first-order valence-electron chi connectivity index (χ1n) is 9.01. The molecule has 2 aromatic carbocycles. The highest BCUT2D eigenvalue weighted by Crippen LogP contribution is 2.66. The lowest BCUT2D eigenvalue weighted by Gasteiger charge is -2.34. The lowest BCUT2D eigenvalue weighted by molar-refractivity contribution is -0.384. The van der Waals surface area contributed by atoms with Gasteiger partial charge in [0.25, 0.3) is 5.69 Å². The Labute approximate surface area is 160 Å². The van der Waals surface area contributed by atoms with Gasteiger partial charge in [-0.15, -0.1) is 0 Å². The topological polar surface area (TPSA) is 87.9 Å². The summed E-state index contributed by atoms with van der Waals surface area (Å²) < 4.78 is 17.5. The van der Waals surface area contributed by atoms with Crippen LogP contribution in [0.1, 0.15) is 17.5 Å². The summed E-state index contributed by atoms with van der Waals surface area (Å²) in [5, 5.41) is 11.0. The van der Waals surface area contributed by atoms with Gasteiger partial charge >= 0.3 is 5.97 Å². The number of hydrogen-bond acceptors (Lipinski definition) is 6. The van der Waals surface area contributed by atoms with Gasteiger partial charge in [0, 0.05) is 29.5 Å². The maximum absolute atomic E-state index is 13.1. The number of esters is 1. The normalized spacial score (nSPS) is 32.2. The molecule has 3 aliphatic rings. The van der Waals surface area contributed by atoms with Crippen LogP contribution in [0.25, 0.3) is 0 Å². The molecule has 0 unspecified atom stereocenters. The summed E-state index contributed by atoms with van der Waals surface area (Å²) in [6, 6.07) is 13.2. The van der Waals surface area contributed by atoms with E-state index in [-0.39, 0.29) is 17.5 Å². The van der Waals surface area contributed by atoms with Crippen molar-refractivity contribution >= 4 is 11.7 Å². The number of rotatable bonds is 4. The highest BCUT2D eigenvalue weighted by Gasteiger charge is 2.75. The van der Waals surface area contributed by atoms with Gasteiger partial charge in [-0.25, -0.2) is 4.79 Å². The van der Waals surface area contributed by atoms with E-state index < -0.39 is 22.3 Å². The Hall–Kier alpha value is -3.19. The molecule has 1 aliphatic carbocycles. The van der Waals surface area contributed by atoms with Gasteiger partial charge in [-0.2, -0.15) is 0 Å². The lowest BCUT2D eigenvalue weighted by atomic mass is 9.73. The first-order valence-corrected chi connectivity index (χ1v) is 9.01. The average Bonchev–Trinajstić information content (AvgIpc) is 3.39. The zero-order valence-corrected chi connectivity index (χ0v) is 15.0. The molecule has 2 fully saturated rings. The van der Waals surface area contributed by atoms with Crippen molar-refractivity contribution in [3.63, 3.8) is 0 Å². The van der Waals surface area contributed by atoms with Crippen molar-refractivity contribution < 1.29 is 23.9 Å². The van der Waals surface area contributed by atoms with Crippen LogP contribution in [0.3, 0.4) is 0 Å². The second kappa shape index (κ2) is 5.65. The van der Waals surface area contributed by atoms with E-state index in [4.69, 9.17) is 14.2 Å². The van der Waals surface area contributed by atoms with E-state index >= 15 is 0 Å². The monoisotopic (exact) mass is 379 g/mol. The van der Waals surface area contributed by atoms with Crippen LogP contribution in [0.5, 0.6) is 5.75 Å². The third-order valence-corrected chi connectivity index (χ3v) is 5.98. The van der Waals surface area contributed by atoms with Gasteiger partial charge < -0.3 is 14.2 Å². The lowest BCUT2D eigenvalue weighted by Crippen LogP contribution is -2.44. The Morgan fingerprint density at radius 1 is 1.11 bits per heavy atom. The quantitative estimate of drug-likeness (QED) is 0.350. The van der Waals surface area contributed by atoms with E-state index in [1.807, 2.05) is 36.4 Å². The van der Waals surface area contributed by atoms with Crippen molar-refractivity contribution in [2.24, 2.45) is 11.8 Å². The maximum Gasteiger partial charge on any atom is 0.346 e. The van der Waals surface area contributed by atoms with Gasteiger partial charge in [-0.1, -0.05) is 12.2 Å². The summed E-state index contributed by atoms with van der Waals surface area (Å²) >= 11 is 0. The largest absolute Gasteiger partial charge is 0.497 e. The summed E-state index contributed by atoms with van der Waals surface area (Å²) in [6.45, 7) is 0. The van der Waals surface area contributed by atoms with Crippen LogP contribution in [0.4, 0.5) is 5.69 Å². The number of carbonyl (C=O) groups excluding carboxylic acids is 1. The van der Waals surface area contributed by atoms with Crippen molar-refractivity contribution in [1.29, 1.82) is 0 Å². The molecule has 2 bridgehead atoms. The van der Waals surface area contributed by atoms with E-state index in [0.29, 0.717) is 11.3 Å². The molecule has 2 heterocycles. The molecule has 0 radical (unpaired) electrons. The summed E-state index contributed by atoms with van der Waals surface area (Å²) in [7, 11) is 1.59. The van der Waals surface area contributed by atoms with Gasteiger partial charge in [-0.3, -0.25) is 10.1 Å². The summed E-state index contributed by atoms with van der Waals surface area (Å²) in [4.78, 5) is 23.6. The summed E-state index contributed by atoms with van der Waals surface area (Å²) in [5.41, 5.74) is -0.0178. The van der Waals surface area contributed by atoms with Crippen molar-refractivity contribution in [2.75, 3.05) is 7.11 Å². The number of nitro groups is 1. The predicted octanol–water partition coefficient (Wildman–Crippen LogP) is 3.43. The van der Waals surface area contributed by atoms with Crippen LogP contribution in [0.2, 0.25) is 0 Å². The van der Waals surface area contributed by atoms with E-state index in [2.05, 4.69) is 0 Å². The highest BCUT2D eigenvalue weighted by molar-refractivity contribution is 5.86. The molecule has 0 saturated carbocycles. The van der Waals surface area contributed by atoms with Crippen LogP contribution in [0, 0.1) is 22.0 Å². The minimum absolute atomic E-state index is 0.0376. The number of carbonyl (C=O) groups is 1. The molecule has 0 amide bonds. The van der Waals surface area contributed by atoms with Crippen LogP contribution in [-0.2, 0) is 25.7 Å². The second-order valence-electron chi connectivity index (χ2n) is 7.22. The van der Waals surface area contributed by atoms with Crippen LogP contribution in [0.15, 0.2) is 60.7 Å². The molecule has 5 rings (SSSR count). The first-order chi connectivity index (χ1) is 13.5. The Bertz CT molecular complexity index is 999. The second-order valence-corrected chi connectivity index (χ2v) is 7.22. The molecule has 0 N–H and O–H groups in total. The number of benzene rings is 2. The van der Waals surface area contributed by atoms with Crippen molar-refractivity contribution in [3.8, 4) is 5.75 Å². The molecule has 0 spiro atoms.